The van der Waals surface area contributed by atoms with Crippen molar-refractivity contribution in [3.05, 3.63) is 47.5 Å². The summed E-state index contributed by atoms with van der Waals surface area (Å²) in [5, 5.41) is 1.17. The van der Waals surface area contributed by atoms with Gasteiger partial charge in [0, 0.05) is 26.2 Å². The van der Waals surface area contributed by atoms with E-state index in [1.54, 1.807) is 6.92 Å². The van der Waals surface area contributed by atoms with Crippen LogP contribution in [0.5, 0.6) is 0 Å². The van der Waals surface area contributed by atoms with Gasteiger partial charge >= 0.3 is 0 Å². The number of hydrogen-bond donors (Lipinski definition) is 2. The van der Waals surface area contributed by atoms with Gasteiger partial charge in [-0.1, -0.05) is 56.0 Å². The van der Waals surface area contributed by atoms with Crippen molar-refractivity contribution in [3.63, 3.8) is 0 Å². The standard InChI is InChI=1S/C29H40FN7O4/c1-21-31-27(26(30)28(32-21)36-12-11-35-13-14-40-19-25(35)17-36)33-34-29(39)24(15-22-7-5-6-8-22)16-37(20-38)41-18-23-9-3-2-4-10-23/h2-4,9-10,20,22,24-25H,5-8,11-19H2,1H3,(H,34,39)(H,31,32,33)/t24-,25+/m1/s1. The molecule has 0 unspecified atom stereocenters. The van der Waals surface area contributed by atoms with Gasteiger partial charge in [-0.05, 0) is 24.8 Å². The summed E-state index contributed by atoms with van der Waals surface area (Å²) in [7, 11) is 0. The smallest absolute Gasteiger partial charge is 0.243 e. The molecule has 2 atom stereocenters. The molecule has 11 nitrogen and oxygen atoms in total. The lowest BCUT2D eigenvalue weighted by atomic mass is 9.92. The molecular weight excluding hydrogens is 529 g/mol. The number of hydrazine groups is 1. The Morgan fingerprint density at radius 3 is 2.80 bits per heavy atom. The molecule has 41 heavy (non-hydrogen) atoms. The van der Waals surface area contributed by atoms with Crippen LogP contribution in [0.25, 0.3) is 0 Å². The second kappa shape index (κ2) is 14.0. The molecule has 2 amide bonds. The van der Waals surface area contributed by atoms with Crippen LogP contribution in [0.15, 0.2) is 30.3 Å². The maximum atomic E-state index is 15.7. The third-order valence-corrected chi connectivity index (χ3v) is 8.21. The first-order valence-electron chi connectivity index (χ1n) is 14.6. The number of amides is 2. The number of hydrogen-bond acceptors (Lipinski definition) is 9. The number of rotatable bonds is 12. The summed E-state index contributed by atoms with van der Waals surface area (Å²) in [4.78, 5) is 43.8. The van der Waals surface area contributed by atoms with Crippen LogP contribution in [0.3, 0.4) is 0 Å². The number of benzene rings is 1. The number of aromatic nitrogens is 2. The maximum Gasteiger partial charge on any atom is 0.243 e. The number of hydroxylamine groups is 2. The first-order valence-corrected chi connectivity index (χ1v) is 14.6. The minimum atomic E-state index is -0.617. The Kier molecular flexibility index (Phi) is 9.97. The van der Waals surface area contributed by atoms with E-state index < -0.39 is 11.7 Å². The molecule has 1 aromatic heterocycles. The van der Waals surface area contributed by atoms with Crippen molar-refractivity contribution < 1.29 is 23.6 Å². The summed E-state index contributed by atoms with van der Waals surface area (Å²) in [5.74, 6) is -0.605. The highest BCUT2D eigenvalue weighted by Gasteiger charge is 2.32. The fourth-order valence-corrected chi connectivity index (χ4v) is 5.99. The van der Waals surface area contributed by atoms with Crippen molar-refractivity contribution in [3.8, 4) is 0 Å². The van der Waals surface area contributed by atoms with Crippen molar-refractivity contribution >= 4 is 24.0 Å². The maximum absolute atomic E-state index is 15.7. The summed E-state index contributed by atoms with van der Waals surface area (Å²) in [6, 6.07) is 9.71. The summed E-state index contributed by atoms with van der Waals surface area (Å²) < 4.78 is 21.3. The molecule has 12 heteroatoms. The zero-order valence-electron chi connectivity index (χ0n) is 23.6. The predicted molar refractivity (Wildman–Crippen MR) is 151 cm³/mol. The molecule has 3 heterocycles. The average Bonchev–Trinajstić information content (AvgIpc) is 3.52. The zero-order valence-corrected chi connectivity index (χ0v) is 23.6. The van der Waals surface area contributed by atoms with Gasteiger partial charge in [0.25, 0.3) is 0 Å². The molecule has 3 aliphatic rings. The molecule has 2 aliphatic heterocycles. The largest absolute Gasteiger partial charge is 0.378 e. The minimum Gasteiger partial charge on any atom is -0.378 e. The molecule has 0 spiro atoms. The molecule has 5 rings (SSSR count). The van der Waals surface area contributed by atoms with E-state index in [0.717, 1.165) is 50.9 Å². The number of morpholine rings is 1. The predicted octanol–water partition coefficient (Wildman–Crippen LogP) is 2.67. The van der Waals surface area contributed by atoms with Crippen molar-refractivity contribution in [1.82, 2.24) is 25.4 Å². The van der Waals surface area contributed by atoms with Crippen molar-refractivity contribution in [2.45, 2.75) is 51.7 Å². The number of carbonyl (C=O) groups excluding carboxylic acids is 2. The summed E-state index contributed by atoms with van der Waals surface area (Å²) in [6.45, 7) is 6.26. The van der Waals surface area contributed by atoms with Crippen LogP contribution in [0.4, 0.5) is 16.0 Å². The van der Waals surface area contributed by atoms with Gasteiger partial charge in [0.2, 0.25) is 18.1 Å². The average molecular weight is 570 g/mol. The zero-order chi connectivity index (χ0) is 28.6. The monoisotopic (exact) mass is 569 g/mol. The Morgan fingerprint density at radius 1 is 1.22 bits per heavy atom. The summed E-state index contributed by atoms with van der Waals surface area (Å²) >= 11 is 0. The lowest BCUT2D eigenvalue weighted by molar-refractivity contribution is -0.182. The lowest BCUT2D eigenvalue weighted by Gasteiger charge is -2.44. The molecule has 1 aliphatic carbocycles. The van der Waals surface area contributed by atoms with Gasteiger partial charge in [-0.3, -0.25) is 30.2 Å². The number of aryl methyl sites for hydroxylation is 1. The molecule has 2 N–H and O–H groups in total. The highest BCUT2D eigenvalue weighted by molar-refractivity contribution is 5.80. The van der Waals surface area contributed by atoms with Crippen LogP contribution >= 0.6 is 0 Å². The molecule has 0 bridgehead atoms. The quantitative estimate of drug-likeness (QED) is 0.294. The molecule has 0 radical (unpaired) electrons. The summed E-state index contributed by atoms with van der Waals surface area (Å²) in [6.07, 6.45) is 5.57. The van der Waals surface area contributed by atoms with E-state index in [-0.39, 0.29) is 36.7 Å². The number of carbonyl (C=O) groups is 2. The number of nitrogens with one attached hydrogen (secondary N) is 2. The number of ether oxygens (including phenoxy) is 1. The van der Waals surface area contributed by atoms with Crippen LogP contribution in [0, 0.1) is 24.6 Å². The van der Waals surface area contributed by atoms with E-state index >= 15 is 4.39 Å². The van der Waals surface area contributed by atoms with Crippen LogP contribution in [-0.2, 0) is 25.8 Å². The fraction of sp³-hybridized carbons (Fsp3) is 0.586. The van der Waals surface area contributed by atoms with Crippen molar-refractivity contribution in [2.75, 3.05) is 56.3 Å². The summed E-state index contributed by atoms with van der Waals surface area (Å²) in [5.41, 5.74) is 6.28. The Bertz CT molecular complexity index is 1170. The van der Waals surface area contributed by atoms with Crippen LogP contribution in [0.2, 0.25) is 0 Å². The lowest BCUT2D eigenvalue weighted by Crippen LogP contribution is -2.58. The minimum absolute atomic E-state index is 0.0876. The highest BCUT2D eigenvalue weighted by Crippen LogP contribution is 2.31. The first kappa shape index (κ1) is 29.2. The van der Waals surface area contributed by atoms with Crippen molar-refractivity contribution in [1.29, 1.82) is 0 Å². The van der Waals surface area contributed by atoms with Crippen LogP contribution < -0.4 is 15.8 Å². The topological polar surface area (TPSA) is 112 Å². The second-order valence-corrected chi connectivity index (χ2v) is 11.1. The second-order valence-electron chi connectivity index (χ2n) is 11.1. The highest BCUT2D eigenvalue weighted by atomic mass is 19.1. The van der Waals surface area contributed by atoms with Crippen LogP contribution in [0.1, 0.15) is 43.5 Å². The Hall–Kier alpha value is -3.35. The van der Waals surface area contributed by atoms with Gasteiger partial charge in [0.05, 0.1) is 31.7 Å². The number of anilines is 2. The van der Waals surface area contributed by atoms with Crippen molar-refractivity contribution in [2.24, 2.45) is 11.8 Å². The van der Waals surface area contributed by atoms with E-state index in [4.69, 9.17) is 9.57 Å². The normalized spacial score (nSPS) is 20.3. The number of piperazine rings is 1. The van der Waals surface area contributed by atoms with Gasteiger partial charge in [0.15, 0.2) is 11.6 Å². The third-order valence-electron chi connectivity index (χ3n) is 8.21. The van der Waals surface area contributed by atoms with E-state index in [2.05, 4.69) is 25.7 Å². The van der Waals surface area contributed by atoms with Gasteiger partial charge in [-0.2, -0.15) is 4.39 Å². The molecule has 2 aromatic rings. The number of nitrogens with zero attached hydrogens (tertiary/aromatic N) is 5. The first-order chi connectivity index (χ1) is 20.0. The Morgan fingerprint density at radius 2 is 2.02 bits per heavy atom. The molecule has 3 fully saturated rings. The molecule has 222 valence electrons. The van der Waals surface area contributed by atoms with E-state index in [9.17, 15) is 9.59 Å². The van der Waals surface area contributed by atoms with Gasteiger partial charge in [0.1, 0.15) is 12.4 Å². The number of fused-ring (bicyclic) bond motifs is 1. The Labute approximate surface area is 240 Å². The van der Waals surface area contributed by atoms with E-state index in [1.165, 1.54) is 5.06 Å². The van der Waals surface area contributed by atoms with Crippen LogP contribution in [-0.4, -0.2) is 84.2 Å². The molecule has 1 aromatic carbocycles. The third kappa shape index (κ3) is 7.69. The number of halogens is 1. The van der Waals surface area contributed by atoms with E-state index in [1.807, 2.05) is 35.2 Å². The van der Waals surface area contributed by atoms with Gasteiger partial charge in [-0.25, -0.2) is 15.0 Å². The molecule has 2 saturated heterocycles. The molecular formula is C29H40FN7O4. The van der Waals surface area contributed by atoms with Gasteiger partial charge < -0.3 is 9.64 Å². The van der Waals surface area contributed by atoms with Gasteiger partial charge in [-0.15, -0.1) is 0 Å². The SMILES string of the molecule is Cc1nc(NNC(=O)[C@H](CC2CCCC2)CN(C=O)OCc2ccccc2)c(F)c(N2CCN3CCOC[C@@H]3C2)n1. The molecule has 1 saturated carbocycles. The Balaban J connectivity index is 1.24. The van der Waals surface area contributed by atoms with E-state index in [0.29, 0.717) is 44.3 Å². The fourth-order valence-electron chi connectivity index (χ4n) is 5.99.